The lowest BCUT2D eigenvalue weighted by molar-refractivity contribution is 0.515. The molecule has 1 fully saturated rings. The van der Waals surface area contributed by atoms with Crippen molar-refractivity contribution in [2.24, 2.45) is 5.73 Å². The van der Waals surface area contributed by atoms with Crippen molar-refractivity contribution in [1.82, 2.24) is 0 Å². The third-order valence-electron chi connectivity index (χ3n) is 3.60. The van der Waals surface area contributed by atoms with Crippen LogP contribution in [-0.4, -0.2) is 17.0 Å². The van der Waals surface area contributed by atoms with Crippen LogP contribution in [0.2, 0.25) is 5.02 Å². The highest BCUT2D eigenvalue weighted by atomic mass is 79.9. The molecule has 1 aliphatic rings. The molecular formula is C15H21BrClNS. The van der Waals surface area contributed by atoms with Crippen molar-refractivity contribution in [3.05, 3.63) is 33.3 Å². The maximum Gasteiger partial charge on any atom is 0.0449 e. The number of benzene rings is 1. The minimum atomic E-state index is 0.200. The fourth-order valence-corrected chi connectivity index (χ4v) is 4.57. The SMILES string of the molecule is NC(CSC1CCCCC1)Cc1ccc(Br)cc1Cl. The normalized spacial score (nSPS) is 18.5. The number of thioether (sulfide) groups is 1. The van der Waals surface area contributed by atoms with E-state index in [-0.39, 0.29) is 6.04 Å². The lowest BCUT2D eigenvalue weighted by Gasteiger charge is -2.22. The minimum absolute atomic E-state index is 0.200. The van der Waals surface area contributed by atoms with Gasteiger partial charge in [0.2, 0.25) is 0 Å². The molecule has 1 atom stereocenters. The molecule has 0 amide bonds. The van der Waals surface area contributed by atoms with E-state index in [4.69, 9.17) is 17.3 Å². The maximum absolute atomic E-state index is 6.24. The van der Waals surface area contributed by atoms with Gasteiger partial charge in [-0.25, -0.2) is 0 Å². The summed E-state index contributed by atoms with van der Waals surface area (Å²) >= 11 is 11.7. The van der Waals surface area contributed by atoms with Crippen molar-refractivity contribution in [2.45, 2.75) is 49.8 Å². The summed E-state index contributed by atoms with van der Waals surface area (Å²) < 4.78 is 1.02. The van der Waals surface area contributed by atoms with Crippen molar-refractivity contribution in [1.29, 1.82) is 0 Å². The molecule has 1 aromatic rings. The van der Waals surface area contributed by atoms with Gasteiger partial charge in [-0.2, -0.15) is 11.8 Å². The molecule has 19 heavy (non-hydrogen) atoms. The lowest BCUT2D eigenvalue weighted by Crippen LogP contribution is -2.27. The van der Waals surface area contributed by atoms with Crippen LogP contribution in [0, 0.1) is 0 Å². The van der Waals surface area contributed by atoms with Crippen LogP contribution in [0.1, 0.15) is 37.7 Å². The molecule has 0 spiro atoms. The Kier molecular flexibility index (Phi) is 6.54. The van der Waals surface area contributed by atoms with E-state index in [0.717, 1.165) is 32.5 Å². The number of halogens is 2. The summed E-state index contributed by atoms with van der Waals surface area (Å²) in [5.74, 6) is 1.04. The van der Waals surface area contributed by atoms with Gasteiger partial charge in [-0.3, -0.25) is 0 Å². The van der Waals surface area contributed by atoms with Gasteiger partial charge in [0, 0.05) is 26.5 Å². The molecule has 1 unspecified atom stereocenters. The molecule has 1 saturated carbocycles. The first-order valence-electron chi connectivity index (χ1n) is 6.96. The summed E-state index contributed by atoms with van der Waals surface area (Å²) in [4.78, 5) is 0. The van der Waals surface area contributed by atoms with E-state index in [0.29, 0.717) is 0 Å². The fourth-order valence-electron chi connectivity index (χ4n) is 2.52. The van der Waals surface area contributed by atoms with E-state index >= 15 is 0 Å². The molecule has 1 nitrogen and oxygen atoms in total. The third-order valence-corrected chi connectivity index (χ3v) is 6.00. The molecular weight excluding hydrogens is 342 g/mol. The summed E-state index contributed by atoms with van der Waals surface area (Å²) in [5, 5.41) is 1.65. The highest BCUT2D eigenvalue weighted by Crippen LogP contribution is 2.29. The predicted octanol–water partition coefficient (Wildman–Crippen LogP) is 5.04. The Balaban J connectivity index is 1.78. The van der Waals surface area contributed by atoms with Crippen LogP contribution in [0.25, 0.3) is 0 Å². The molecule has 106 valence electrons. The molecule has 4 heteroatoms. The van der Waals surface area contributed by atoms with E-state index in [1.807, 2.05) is 12.1 Å². The van der Waals surface area contributed by atoms with Gasteiger partial charge in [-0.1, -0.05) is 52.9 Å². The van der Waals surface area contributed by atoms with Gasteiger partial charge in [0.25, 0.3) is 0 Å². The van der Waals surface area contributed by atoms with Gasteiger partial charge in [0.15, 0.2) is 0 Å². The highest BCUT2D eigenvalue weighted by molar-refractivity contribution is 9.10. The second kappa shape index (κ2) is 7.92. The molecule has 2 rings (SSSR count). The van der Waals surface area contributed by atoms with Crippen LogP contribution < -0.4 is 5.73 Å². The van der Waals surface area contributed by atoms with Gasteiger partial charge >= 0.3 is 0 Å². The topological polar surface area (TPSA) is 26.0 Å². The molecule has 2 N–H and O–H groups in total. The molecule has 1 aromatic carbocycles. The molecule has 0 heterocycles. The quantitative estimate of drug-likeness (QED) is 0.794. The molecule has 0 saturated heterocycles. The Bertz CT molecular complexity index is 407. The van der Waals surface area contributed by atoms with Crippen molar-refractivity contribution in [3.63, 3.8) is 0 Å². The summed E-state index contributed by atoms with van der Waals surface area (Å²) in [6.45, 7) is 0. The Morgan fingerprint density at radius 1 is 1.32 bits per heavy atom. The van der Waals surface area contributed by atoms with E-state index in [1.54, 1.807) is 0 Å². The first kappa shape index (κ1) is 15.7. The molecule has 1 aliphatic carbocycles. The van der Waals surface area contributed by atoms with Crippen molar-refractivity contribution in [3.8, 4) is 0 Å². The van der Waals surface area contributed by atoms with Gasteiger partial charge < -0.3 is 5.73 Å². The smallest absolute Gasteiger partial charge is 0.0449 e. The highest BCUT2D eigenvalue weighted by Gasteiger charge is 2.15. The van der Waals surface area contributed by atoms with Gasteiger partial charge in [0.1, 0.15) is 0 Å². The van der Waals surface area contributed by atoms with Crippen LogP contribution in [0.4, 0.5) is 0 Å². The molecule has 0 radical (unpaired) electrons. The molecule has 0 aromatic heterocycles. The number of hydrogen-bond donors (Lipinski definition) is 1. The average molecular weight is 363 g/mol. The van der Waals surface area contributed by atoms with E-state index in [2.05, 4.69) is 33.8 Å². The van der Waals surface area contributed by atoms with Crippen molar-refractivity contribution >= 4 is 39.3 Å². The average Bonchev–Trinajstić information content (AvgIpc) is 2.41. The second-order valence-corrected chi connectivity index (χ2v) is 7.95. The number of rotatable bonds is 5. The van der Waals surface area contributed by atoms with Crippen LogP contribution >= 0.6 is 39.3 Å². The zero-order valence-electron chi connectivity index (χ0n) is 11.1. The lowest BCUT2D eigenvalue weighted by atomic mass is 10.0. The first-order chi connectivity index (χ1) is 9.15. The van der Waals surface area contributed by atoms with Crippen LogP contribution in [-0.2, 0) is 6.42 Å². The zero-order chi connectivity index (χ0) is 13.7. The minimum Gasteiger partial charge on any atom is -0.327 e. The second-order valence-electron chi connectivity index (χ2n) is 5.29. The van der Waals surface area contributed by atoms with E-state index in [1.165, 1.54) is 32.1 Å². The standard InChI is InChI=1S/C15H21BrClNS/c16-12-7-6-11(15(17)9-12)8-13(18)10-19-14-4-2-1-3-5-14/h6-7,9,13-14H,1-5,8,10,18H2. The van der Waals surface area contributed by atoms with Crippen molar-refractivity contribution < 1.29 is 0 Å². The largest absolute Gasteiger partial charge is 0.327 e. The van der Waals surface area contributed by atoms with Crippen molar-refractivity contribution in [2.75, 3.05) is 5.75 Å². The van der Waals surface area contributed by atoms with Crippen LogP contribution in [0.3, 0.4) is 0 Å². The number of hydrogen-bond acceptors (Lipinski definition) is 2. The van der Waals surface area contributed by atoms with Gasteiger partial charge in [-0.05, 0) is 37.0 Å². The van der Waals surface area contributed by atoms with Crippen LogP contribution in [0.15, 0.2) is 22.7 Å². The molecule has 0 bridgehead atoms. The Labute approximate surface area is 133 Å². The van der Waals surface area contributed by atoms with Gasteiger partial charge in [-0.15, -0.1) is 0 Å². The maximum atomic E-state index is 6.24. The van der Waals surface area contributed by atoms with Crippen LogP contribution in [0.5, 0.6) is 0 Å². The monoisotopic (exact) mass is 361 g/mol. The Hall–Kier alpha value is 0.300. The third kappa shape index (κ3) is 5.30. The summed E-state index contributed by atoms with van der Waals surface area (Å²) in [7, 11) is 0. The first-order valence-corrected chi connectivity index (χ1v) is 9.18. The number of nitrogens with two attached hydrogens (primary N) is 1. The van der Waals surface area contributed by atoms with E-state index in [9.17, 15) is 0 Å². The van der Waals surface area contributed by atoms with Gasteiger partial charge in [0.05, 0.1) is 0 Å². The fraction of sp³-hybridized carbons (Fsp3) is 0.600. The Morgan fingerprint density at radius 2 is 2.05 bits per heavy atom. The van der Waals surface area contributed by atoms with E-state index < -0.39 is 0 Å². The summed E-state index contributed by atoms with van der Waals surface area (Å²) in [6.07, 6.45) is 7.81. The Morgan fingerprint density at radius 3 is 2.74 bits per heavy atom. The zero-order valence-corrected chi connectivity index (χ0v) is 14.2. The predicted molar refractivity (Wildman–Crippen MR) is 90.2 cm³/mol. The summed E-state index contributed by atoms with van der Waals surface area (Å²) in [6, 6.07) is 6.24. The molecule has 0 aliphatic heterocycles. The summed E-state index contributed by atoms with van der Waals surface area (Å²) in [5.41, 5.74) is 7.39.